The number of morpholine rings is 1. The van der Waals surface area contributed by atoms with Gasteiger partial charge in [0.05, 0.1) is 25.9 Å². The second kappa shape index (κ2) is 8.20. The molecule has 0 aliphatic carbocycles. The summed E-state index contributed by atoms with van der Waals surface area (Å²) in [4.78, 5) is 27.7. The van der Waals surface area contributed by atoms with Crippen molar-refractivity contribution in [1.82, 2.24) is 10.2 Å². The third-order valence-electron chi connectivity index (χ3n) is 4.70. The van der Waals surface area contributed by atoms with Crippen molar-refractivity contribution < 1.29 is 19.1 Å². The molecular weight excluding hydrogens is 322 g/mol. The van der Waals surface area contributed by atoms with Crippen LogP contribution in [0.5, 0.6) is 5.75 Å². The molecule has 3 rings (SSSR count). The number of carbonyl (C=O) groups excluding carboxylic acids is 2. The Hall–Kier alpha value is -2.28. The van der Waals surface area contributed by atoms with E-state index in [1.54, 1.807) is 12.0 Å². The fourth-order valence-electron chi connectivity index (χ4n) is 3.32. The monoisotopic (exact) mass is 347 g/mol. The normalized spacial score (nSPS) is 19.0. The smallest absolute Gasteiger partial charge is 0.249 e. The van der Waals surface area contributed by atoms with Gasteiger partial charge in [-0.15, -0.1) is 0 Å². The number of carbonyl (C=O) groups is 2. The van der Waals surface area contributed by atoms with E-state index in [4.69, 9.17) is 9.47 Å². The second-order valence-electron chi connectivity index (χ2n) is 6.37. The van der Waals surface area contributed by atoms with Gasteiger partial charge in [0, 0.05) is 25.7 Å². The SMILES string of the molecule is COc1ccccc1N1CCC(NC(=O)CN2CCOCC2=O)CC1. The van der Waals surface area contributed by atoms with Crippen LogP contribution in [0.3, 0.4) is 0 Å². The maximum atomic E-state index is 12.2. The van der Waals surface area contributed by atoms with E-state index in [1.165, 1.54) is 0 Å². The van der Waals surface area contributed by atoms with Gasteiger partial charge in [-0.25, -0.2) is 0 Å². The fourth-order valence-corrected chi connectivity index (χ4v) is 3.32. The summed E-state index contributed by atoms with van der Waals surface area (Å²) in [7, 11) is 1.68. The minimum Gasteiger partial charge on any atom is -0.495 e. The van der Waals surface area contributed by atoms with Crippen LogP contribution in [0.15, 0.2) is 24.3 Å². The van der Waals surface area contributed by atoms with Gasteiger partial charge < -0.3 is 24.6 Å². The zero-order chi connectivity index (χ0) is 17.6. The third-order valence-corrected chi connectivity index (χ3v) is 4.70. The van der Waals surface area contributed by atoms with E-state index in [2.05, 4.69) is 16.3 Å². The van der Waals surface area contributed by atoms with Gasteiger partial charge in [-0.1, -0.05) is 12.1 Å². The average molecular weight is 347 g/mol. The quantitative estimate of drug-likeness (QED) is 0.846. The van der Waals surface area contributed by atoms with Gasteiger partial charge >= 0.3 is 0 Å². The Morgan fingerprint density at radius 1 is 1.28 bits per heavy atom. The van der Waals surface area contributed by atoms with Crippen LogP contribution in [0.25, 0.3) is 0 Å². The van der Waals surface area contributed by atoms with Gasteiger partial charge in [0.15, 0.2) is 0 Å². The third kappa shape index (κ3) is 4.42. The van der Waals surface area contributed by atoms with Crippen molar-refractivity contribution in [2.24, 2.45) is 0 Å². The lowest BCUT2D eigenvalue weighted by Gasteiger charge is -2.35. The van der Waals surface area contributed by atoms with Crippen molar-refractivity contribution in [3.05, 3.63) is 24.3 Å². The van der Waals surface area contributed by atoms with Crippen LogP contribution >= 0.6 is 0 Å². The fraction of sp³-hybridized carbons (Fsp3) is 0.556. The van der Waals surface area contributed by atoms with E-state index < -0.39 is 0 Å². The van der Waals surface area contributed by atoms with Crippen LogP contribution in [0.4, 0.5) is 5.69 Å². The summed E-state index contributed by atoms with van der Waals surface area (Å²) >= 11 is 0. The molecule has 2 aliphatic rings. The molecule has 25 heavy (non-hydrogen) atoms. The number of rotatable bonds is 5. The van der Waals surface area contributed by atoms with Crippen molar-refractivity contribution in [1.29, 1.82) is 0 Å². The molecule has 0 spiro atoms. The number of nitrogens with one attached hydrogen (secondary N) is 1. The number of ether oxygens (including phenoxy) is 2. The highest BCUT2D eigenvalue weighted by Gasteiger charge is 2.25. The Balaban J connectivity index is 1.47. The summed E-state index contributed by atoms with van der Waals surface area (Å²) in [5, 5.41) is 3.06. The lowest BCUT2D eigenvalue weighted by molar-refractivity contribution is -0.146. The molecule has 0 bridgehead atoms. The molecule has 0 unspecified atom stereocenters. The van der Waals surface area contributed by atoms with Crippen molar-refractivity contribution in [2.45, 2.75) is 18.9 Å². The van der Waals surface area contributed by atoms with Crippen molar-refractivity contribution in [2.75, 3.05) is 51.4 Å². The molecule has 2 aliphatic heterocycles. The number of benzene rings is 1. The highest BCUT2D eigenvalue weighted by atomic mass is 16.5. The van der Waals surface area contributed by atoms with E-state index in [-0.39, 0.29) is 31.0 Å². The van der Waals surface area contributed by atoms with Crippen molar-refractivity contribution in [3.63, 3.8) is 0 Å². The van der Waals surface area contributed by atoms with Gasteiger partial charge in [0.25, 0.3) is 0 Å². The summed E-state index contributed by atoms with van der Waals surface area (Å²) in [5.41, 5.74) is 1.09. The van der Waals surface area contributed by atoms with E-state index in [0.717, 1.165) is 37.4 Å². The van der Waals surface area contributed by atoms with Gasteiger partial charge in [-0.2, -0.15) is 0 Å². The summed E-state index contributed by atoms with van der Waals surface area (Å²) < 4.78 is 10.5. The molecular formula is C18H25N3O4. The van der Waals surface area contributed by atoms with E-state index in [9.17, 15) is 9.59 Å². The second-order valence-corrected chi connectivity index (χ2v) is 6.37. The number of para-hydroxylation sites is 2. The van der Waals surface area contributed by atoms with Crippen LogP contribution in [0.1, 0.15) is 12.8 Å². The number of hydrogen-bond donors (Lipinski definition) is 1. The first-order valence-corrected chi connectivity index (χ1v) is 8.70. The van der Waals surface area contributed by atoms with Gasteiger partial charge in [-0.3, -0.25) is 9.59 Å². The number of piperidine rings is 1. The maximum Gasteiger partial charge on any atom is 0.249 e. The number of hydrogen-bond acceptors (Lipinski definition) is 5. The maximum absolute atomic E-state index is 12.2. The summed E-state index contributed by atoms with van der Waals surface area (Å²) in [6.45, 7) is 2.90. The first kappa shape index (κ1) is 17.5. The highest BCUT2D eigenvalue weighted by Crippen LogP contribution is 2.29. The van der Waals surface area contributed by atoms with E-state index >= 15 is 0 Å². The molecule has 2 amide bonds. The molecule has 1 N–H and O–H groups in total. The highest BCUT2D eigenvalue weighted by molar-refractivity contribution is 5.85. The molecule has 1 aromatic carbocycles. The average Bonchev–Trinajstić information content (AvgIpc) is 2.64. The minimum atomic E-state index is -0.118. The lowest BCUT2D eigenvalue weighted by atomic mass is 10.0. The van der Waals surface area contributed by atoms with Crippen LogP contribution in [-0.2, 0) is 14.3 Å². The Bertz CT molecular complexity index is 614. The Kier molecular flexibility index (Phi) is 5.75. The van der Waals surface area contributed by atoms with Crippen LogP contribution in [0.2, 0.25) is 0 Å². The van der Waals surface area contributed by atoms with Crippen LogP contribution in [-0.4, -0.2) is 69.3 Å². The van der Waals surface area contributed by atoms with Crippen LogP contribution in [0, 0.1) is 0 Å². The summed E-state index contributed by atoms with van der Waals surface area (Å²) in [6.07, 6.45) is 1.75. The molecule has 7 heteroatoms. The van der Waals surface area contributed by atoms with Crippen molar-refractivity contribution >= 4 is 17.5 Å². The van der Waals surface area contributed by atoms with Crippen LogP contribution < -0.4 is 15.0 Å². The van der Waals surface area contributed by atoms with Gasteiger partial charge in [0.2, 0.25) is 11.8 Å². The number of anilines is 1. The predicted molar refractivity (Wildman–Crippen MR) is 93.8 cm³/mol. The Morgan fingerprint density at radius 2 is 2.04 bits per heavy atom. The standard InChI is InChI=1S/C18H25N3O4/c1-24-16-5-3-2-4-15(16)20-8-6-14(7-9-20)19-17(22)12-21-10-11-25-13-18(21)23/h2-5,14H,6-13H2,1H3,(H,19,22). The minimum absolute atomic E-state index is 0.0740. The largest absolute Gasteiger partial charge is 0.495 e. The zero-order valence-corrected chi connectivity index (χ0v) is 14.6. The van der Waals surface area contributed by atoms with Gasteiger partial charge in [0.1, 0.15) is 12.4 Å². The first-order valence-electron chi connectivity index (χ1n) is 8.70. The first-order chi connectivity index (χ1) is 12.2. The number of amides is 2. The molecule has 136 valence electrons. The lowest BCUT2D eigenvalue weighted by Crippen LogP contribution is -2.50. The molecule has 2 heterocycles. The number of nitrogens with zero attached hydrogens (tertiary/aromatic N) is 2. The van der Waals surface area contributed by atoms with Gasteiger partial charge in [-0.05, 0) is 25.0 Å². The topological polar surface area (TPSA) is 71.1 Å². The molecule has 0 atom stereocenters. The zero-order valence-electron chi connectivity index (χ0n) is 14.6. The molecule has 2 saturated heterocycles. The number of methoxy groups -OCH3 is 1. The molecule has 0 radical (unpaired) electrons. The molecule has 7 nitrogen and oxygen atoms in total. The molecule has 0 saturated carbocycles. The Labute approximate surface area is 147 Å². The molecule has 2 fully saturated rings. The summed E-state index contributed by atoms with van der Waals surface area (Å²) in [5.74, 6) is 0.661. The van der Waals surface area contributed by atoms with E-state index in [1.807, 2.05) is 18.2 Å². The molecule has 1 aromatic rings. The Morgan fingerprint density at radius 3 is 2.76 bits per heavy atom. The predicted octanol–water partition coefficient (Wildman–Crippen LogP) is 0.639. The van der Waals surface area contributed by atoms with Crippen molar-refractivity contribution in [3.8, 4) is 5.75 Å². The van der Waals surface area contributed by atoms with E-state index in [0.29, 0.717) is 13.2 Å². The summed E-state index contributed by atoms with van der Waals surface area (Å²) in [6, 6.07) is 8.13. The molecule has 0 aromatic heterocycles.